The number of hydrogen-bond donors (Lipinski definition) is 3. The average molecular weight is 340 g/mol. The number of aromatic nitrogens is 1. The van der Waals surface area contributed by atoms with Crippen molar-refractivity contribution in [2.75, 3.05) is 10.5 Å². The van der Waals surface area contributed by atoms with E-state index in [9.17, 15) is 12.8 Å². The van der Waals surface area contributed by atoms with Crippen LogP contribution in [0.15, 0.2) is 47.5 Å². The van der Waals surface area contributed by atoms with Gasteiger partial charge in [-0.25, -0.2) is 12.8 Å². The molecule has 0 radical (unpaired) electrons. The molecule has 3 rings (SSSR count). The van der Waals surface area contributed by atoms with Gasteiger partial charge in [0.15, 0.2) is 0 Å². The molecule has 4 N–H and O–H groups in total. The Hall–Kier alpha value is -2.25. The number of nitrogens with one attached hydrogen (secondary N) is 2. The molecule has 0 amide bonds. The Bertz CT molecular complexity index is 969. The van der Waals surface area contributed by atoms with Crippen LogP contribution < -0.4 is 10.5 Å². The molecule has 0 spiro atoms. The van der Waals surface area contributed by atoms with Crippen molar-refractivity contribution >= 4 is 43.9 Å². The van der Waals surface area contributed by atoms with Crippen LogP contribution in [-0.4, -0.2) is 13.4 Å². The first-order valence-electron chi connectivity index (χ1n) is 6.21. The van der Waals surface area contributed by atoms with E-state index in [2.05, 4.69) is 9.71 Å². The van der Waals surface area contributed by atoms with Gasteiger partial charge in [-0.05, 0) is 36.4 Å². The molecule has 0 aliphatic carbocycles. The minimum atomic E-state index is -3.95. The maximum atomic E-state index is 13.8. The molecule has 8 heteroatoms. The Morgan fingerprint density at radius 3 is 2.68 bits per heavy atom. The Kier molecular flexibility index (Phi) is 3.46. The summed E-state index contributed by atoms with van der Waals surface area (Å²) in [5, 5.41) is 0.948. The Balaban J connectivity index is 2.05. The van der Waals surface area contributed by atoms with Crippen molar-refractivity contribution in [2.24, 2.45) is 0 Å². The van der Waals surface area contributed by atoms with Crippen LogP contribution in [0.4, 0.5) is 15.8 Å². The molecular weight excluding hydrogens is 329 g/mol. The molecule has 1 heterocycles. The van der Waals surface area contributed by atoms with Gasteiger partial charge in [0.05, 0.1) is 5.69 Å². The zero-order valence-electron chi connectivity index (χ0n) is 11.1. The SMILES string of the molecule is Nc1ccc(NS(=O)(=O)c2c[nH]c3cc(Cl)ccc23)c(F)c1. The largest absolute Gasteiger partial charge is 0.399 e. The second kappa shape index (κ2) is 5.19. The van der Waals surface area contributed by atoms with Gasteiger partial charge in [0.1, 0.15) is 10.7 Å². The maximum Gasteiger partial charge on any atom is 0.264 e. The van der Waals surface area contributed by atoms with E-state index in [0.29, 0.717) is 15.9 Å². The molecule has 0 bridgehead atoms. The number of sulfonamides is 1. The fourth-order valence-electron chi connectivity index (χ4n) is 2.11. The van der Waals surface area contributed by atoms with E-state index in [1.54, 1.807) is 18.2 Å². The average Bonchev–Trinajstić information content (AvgIpc) is 2.85. The first-order valence-corrected chi connectivity index (χ1v) is 8.07. The Morgan fingerprint density at radius 1 is 1.18 bits per heavy atom. The van der Waals surface area contributed by atoms with E-state index in [0.717, 1.165) is 6.07 Å². The highest BCUT2D eigenvalue weighted by Gasteiger charge is 2.20. The minimum absolute atomic E-state index is 0.00962. The fourth-order valence-corrected chi connectivity index (χ4v) is 3.53. The predicted octanol–water partition coefficient (Wildman–Crippen LogP) is 3.34. The lowest BCUT2D eigenvalue weighted by molar-refractivity contribution is 0.599. The summed E-state index contributed by atoms with van der Waals surface area (Å²) in [6.07, 6.45) is 1.33. The van der Waals surface area contributed by atoms with Gasteiger partial charge in [-0.15, -0.1) is 0 Å². The number of anilines is 2. The lowest BCUT2D eigenvalue weighted by Gasteiger charge is -2.08. The topological polar surface area (TPSA) is 88.0 Å². The molecule has 22 heavy (non-hydrogen) atoms. The number of nitrogens with two attached hydrogens (primary N) is 1. The molecule has 0 saturated heterocycles. The number of halogens is 2. The number of benzene rings is 2. The van der Waals surface area contributed by atoms with Crippen LogP contribution in [0.2, 0.25) is 5.02 Å². The summed E-state index contributed by atoms with van der Waals surface area (Å²) in [6, 6.07) is 8.51. The molecule has 5 nitrogen and oxygen atoms in total. The lowest BCUT2D eigenvalue weighted by Crippen LogP contribution is -2.13. The van der Waals surface area contributed by atoms with E-state index in [1.165, 1.54) is 18.3 Å². The van der Waals surface area contributed by atoms with E-state index < -0.39 is 15.8 Å². The van der Waals surface area contributed by atoms with Crippen molar-refractivity contribution in [3.63, 3.8) is 0 Å². The molecule has 0 saturated carbocycles. The predicted molar refractivity (Wildman–Crippen MR) is 84.9 cm³/mol. The number of H-pyrrole nitrogens is 1. The van der Waals surface area contributed by atoms with E-state index in [-0.39, 0.29) is 16.3 Å². The van der Waals surface area contributed by atoms with Crippen LogP contribution in [0.25, 0.3) is 10.9 Å². The second-order valence-corrected chi connectivity index (χ2v) is 6.77. The third-order valence-electron chi connectivity index (χ3n) is 3.13. The summed E-state index contributed by atoms with van der Waals surface area (Å²) in [6.45, 7) is 0. The molecule has 0 atom stereocenters. The molecule has 2 aromatic carbocycles. The van der Waals surface area contributed by atoms with E-state index >= 15 is 0 Å². The molecule has 0 unspecified atom stereocenters. The molecule has 3 aromatic rings. The smallest absolute Gasteiger partial charge is 0.264 e. The van der Waals surface area contributed by atoms with Crippen LogP contribution in [0.3, 0.4) is 0 Å². The summed E-state index contributed by atoms with van der Waals surface area (Å²) in [5.41, 5.74) is 6.06. The zero-order valence-corrected chi connectivity index (χ0v) is 12.7. The third-order valence-corrected chi connectivity index (χ3v) is 4.77. The molecule has 114 valence electrons. The van der Waals surface area contributed by atoms with Gasteiger partial charge in [0.2, 0.25) is 0 Å². The first kappa shape index (κ1) is 14.7. The number of hydrogen-bond acceptors (Lipinski definition) is 3. The van der Waals surface area contributed by atoms with Crippen LogP contribution in [0.5, 0.6) is 0 Å². The third kappa shape index (κ3) is 2.60. The number of aromatic amines is 1. The highest BCUT2D eigenvalue weighted by atomic mass is 35.5. The molecule has 0 aliphatic rings. The van der Waals surface area contributed by atoms with Gasteiger partial charge < -0.3 is 10.7 Å². The Labute approximate surface area is 130 Å². The summed E-state index contributed by atoms with van der Waals surface area (Å²) in [5.74, 6) is -0.744. The van der Waals surface area contributed by atoms with Crippen LogP contribution >= 0.6 is 11.6 Å². The normalized spacial score (nSPS) is 11.7. The summed E-state index contributed by atoms with van der Waals surface area (Å²) >= 11 is 5.86. The van der Waals surface area contributed by atoms with Gasteiger partial charge >= 0.3 is 0 Å². The van der Waals surface area contributed by atoms with Gasteiger partial charge in [0, 0.05) is 27.8 Å². The highest BCUT2D eigenvalue weighted by molar-refractivity contribution is 7.93. The van der Waals surface area contributed by atoms with Gasteiger partial charge in [-0.3, -0.25) is 4.72 Å². The minimum Gasteiger partial charge on any atom is -0.399 e. The van der Waals surface area contributed by atoms with Crippen molar-refractivity contribution in [1.29, 1.82) is 0 Å². The second-order valence-electron chi connectivity index (χ2n) is 4.69. The maximum absolute atomic E-state index is 13.8. The van der Waals surface area contributed by atoms with Crippen molar-refractivity contribution < 1.29 is 12.8 Å². The van der Waals surface area contributed by atoms with Crippen molar-refractivity contribution in [3.8, 4) is 0 Å². The van der Waals surface area contributed by atoms with E-state index in [1.807, 2.05) is 0 Å². The van der Waals surface area contributed by atoms with Gasteiger partial charge in [-0.2, -0.15) is 0 Å². The van der Waals surface area contributed by atoms with Gasteiger partial charge in [-0.1, -0.05) is 11.6 Å². The summed E-state index contributed by atoms with van der Waals surface area (Å²) in [7, 11) is -3.95. The number of fused-ring (bicyclic) bond motifs is 1. The summed E-state index contributed by atoms with van der Waals surface area (Å²) in [4.78, 5) is 2.84. The summed E-state index contributed by atoms with van der Waals surface area (Å²) < 4.78 is 40.8. The number of rotatable bonds is 3. The fraction of sp³-hybridized carbons (Fsp3) is 0. The van der Waals surface area contributed by atoms with Crippen molar-refractivity contribution in [1.82, 2.24) is 4.98 Å². The molecule has 0 fully saturated rings. The van der Waals surface area contributed by atoms with Crippen LogP contribution in [-0.2, 0) is 10.0 Å². The standard InChI is InChI=1S/C14H11ClFN3O2S/c15-8-1-3-10-13(5-8)18-7-14(10)22(20,21)19-12-4-2-9(17)6-11(12)16/h1-7,18-19H,17H2. The van der Waals surface area contributed by atoms with Crippen LogP contribution in [0.1, 0.15) is 0 Å². The zero-order chi connectivity index (χ0) is 15.9. The van der Waals surface area contributed by atoms with Crippen LogP contribution in [0, 0.1) is 5.82 Å². The van der Waals surface area contributed by atoms with Crippen molar-refractivity contribution in [3.05, 3.63) is 53.4 Å². The van der Waals surface area contributed by atoms with E-state index in [4.69, 9.17) is 17.3 Å². The molecule has 0 aliphatic heterocycles. The monoisotopic (exact) mass is 339 g/mol. The molecular formula is C14H11ClFN3O2S. The quantitative estimate of drug-likeness (QED) is 0.639. The molecule has 1 aromatic heterocycles. The first-order chi connectivity index (χ1) is 10.4. The number of nitrogen functional groups attached to an aromatic ring is 1. The Morgan fingerprint density at radius 2 is 1.95 bits per heavy atom. The van der Waals surface area contributed by atoms with Gasteiger partial charge in [0.25, 0.3) is 10.0 Å². The van der Waals surface area contributed by atoms with Crippen molar-refractivity contribution in [2.45, 2.75) is 4.90 Å². The lowest BCUT2D eigenvalue weighted by atomic mass is 10.2. The highest BCUT2D eigenvalue weighted by Crippen LogP contribution is 2.28.